The van der Waals surface area contributed by atoms with Crippen LogP contribution < -0.4 is 5.32 Å². The van der Waals surface area contributed by atoms with E-state index < -0.39 is 0 Å². The third-order valence-corrected chi connectivity index (χ3v) is 5.46. The number of fused-ring (bicyclic) bond motifs is 1. The molecule has 1 aliphatic carbocycles. The van der Waals surface area contributed by atoms with Gasteiger partial charge < -0.3 is 5.32 Å². The average molecular weight is 329 g/mol. The zero-order chi connectivity index (χ0) is 12.5. The molecule has 1 N–H and O–H groups in total. The number of halogens is 2. The van der Waals surface area contributed by atoms with Crippen LogP contribution in [0.4, 0.5) is 0 Å². The van der Waals surface area contributed by atoms with Gasteiger partial charge in [0, 0.05) is 15.5 Å². The van der Waals surface area contributed by atoms with Crippen LogP contribution in [0.2, 0.25) is 5.02 Å². The van der Waals surface area contributed by atoms with Crippen LogP contribution in [0.25, 0.3) is 0 Å². The topological polar surface area (TPSA) is 12.0 Å². The molecule has 1 nitrogen and oxygen atoms in total. The highest BCUT2D eigenvalue weighted by Gasteiger charge is 2.38. The van der Waals surface area contributed by atoms with Crippen molar-refractivity contribution in [3.05, 3.63) is 33.3 Å². The molecule has 0 radical (unpaired) electrons. The molecule has 0 amide bonds. The Morgan fingerprint density at radius 3 is 3.06 bits per heavy atom. The maximum atomic E-state index is 6.28. The molecule has 0 bridgehead atoms. The van der Waals surface area contributed by atoms with E-state index in [0.29, 0.717) is 0 Å². The molecule has 18 heavy (non-hydrogen) atoms. The Morgan fingerprint density at radius 2 is 2.22 bits per heavy atom. The van der Waals surface area contributed by atoms with Crippen LogP contribution in [0.15, 0.2) is 22.7 Å². The van der Waals surface area contributed by atoms with Crippen LogP contribution in [0.3, 0.4) is 0 Å². The standard InChI is InChI=1S/C15H19BrClN/c16-12-6-4-10(14(17)8-12)5-7-15-13-3-1-2-11(13)9-18-15/h4,6,8,11,13,15,18H,1-3,5,7,9H2. The van der Waals surface area contributed by atoms with E-state index >= 15 is 0 Å². The van der Waals surface area contributed by atoms with E-state index in [1.807, 2.05) is 6.07 Å². The minimum Gasteiger partial charge on any atom is -0.313 e. The molecule has 3 atom stereocenters. The van der Waals surface area contributed by atoms with Gasteiger partial charge in [0.2, 0.25) is 0 Å². The normalized spacial score (nSPS) is 30.7. The molecule has 1 aromatic rings. The van der Waals surface area contributed by atoms with Gasteiger partial charge in [-0.2, -0.15) is 0 Å². The van der Waals surface area contributed by atoms with Crippen LogP contribution in [0, 0.1) is 11.8 Å². The van der Waals surface area contributed by atoms with Gasteiger partial charge in [-0.1, -0.05) is 40.0 Å². The van der Waals surface area contributed by atoms with Gasteiger partial charge in [0.15, 0.2) is 0 Å². The van der Waals surface area contributed by atoms with Crippen molar-refractivity contribution in [2.24, 2.45) is 11.8 Å². The number of hydrogen-bond donors (Lipinski definition) is 1. The Hall–Kier alpha value is -0.0500. The van der Waals surface area contributed by atoms with Gasteiger partial charge in [-0.05, 0) is 61.8 Å². The molecule has 1 saturated heterocycles. The zero-order valence-corrected chi connectivity index (χ0v) is 12.8. The van der Waals surface area contributed by atoms with Crippen LogP contribution in [-0.4, -0.2) is 12.6 Å². The van der Waals surface area contributed by atoms with E-state index in [9.17, 15) is 0 Å². The Labute approximate surface area is 122 Å². The van der Waals surface area contributed by atoms with Crippen LogP contribution >= 0.6 is 27.5 Å². The highest BCUT2D eigenvalue weighted by molar-refractivity contribution is 9.10. The van der Waals surface area contributed by atoms with Crippen LogP contribution in [0.1, 0.15) is 31.2 Å². The highest BCUT2D eigenvalue weighted by Crippen LogP contribution is 2.39. The molecule has 2 aliphatic rings. The summed E-state index contributed by atoms with van der Waals surface area (Å²) in [6.07, 6.45) is 6.62. The Morgan fingerprint density at radius 1 is 1.33 bits per heavy atom. The van der Waals surface area contributed by atoms with E-state index in [-0.39, 0.29) is 0 Å². The summed E-state index contributed by atoms with van der Waals surface area (Å²) >= 11 is 9.73. The lowest BCUT2D eigenvalue weighted by Gasteiger charge is -2.18. The third-order valence-electron chi connectivity index (χ3n) is 4.62. The first-order valence-electron chi connectivity index (χ1n) is 6.91. The summed E-state index contributed by atoms with van der Waals surface area (Å²) < 4.78 is 1.06. The van der Waals surface area contributed by atoms with Crippen molar-refractivity contribution in [1.29, 1.82) is 0 Å². The summed E-state index contributed by atoms with van der Waals surface area (Å²) in [6, 6.07) is 6.95. The molecule has 1 heterocycles. The second-order valence-corrected chi connectivity index (χ2v) is 6.97. The van der Waals surface area contributed by atoms with E-state index in [1.54, 1.807) is 0 Å². The number of benzene rings is 1. The van der Waals surface area contributed by atoms with Gasteiger partial charge in [-0.25, -0.2) is 0 Å². The monoisotopic (exact) mass is 327 g/mol. The largest absolute Gasteiger partial charge is 0.313 e. The number of rotatable bonds is 3. The molecular weight excluding hydrogens is 310 g/mol. The lowest BCUT2D eigenvalue weighted by Crippen LogP contribution is -2.27. The fourth-order valence-corrected chi connectivity index (χ4v) is 4.42. The maximum Gasteiger partial charge on any atom is 0.0449 e. The predicted octanol–water partition coefficient (Wildman–Crippen LogP) is 4.42. The second-order valence-electron chi connectivity index (χ2n) is 5.64. The predicted molar refractivity (Wildman–Crippen MR) is 80.1 cm³/mol. The zero-order valence-electron chi connectivity index (χ0n) is 10.5. The fourth-order valence-electron chi connectivity index (χ4n) is 3.65. The first-order valence-corrected chi connectivity index (χ1v) is 8.08. The first kappa shape index (κ1) is 13.0. The van der Waals surface area contributed by atoms with Gasteiger partial charge in [-0.3, -0.25) is 0 Å². The first-order chi connectivity index (χ1) is 8.74. The van der Waals surface area contributed by atoms with Gasteiger partial charge in [-0.15, -0.1) is 0 Å². The Bertz CT molecular complexity index is 435. The molecule has 1 aromatic carbocycles. The molecule has 98 valence electrons. The molecule has 3 rings (SSSR count). The minimum absolute atomic E-state index is 0.720. The quantitative estimate of drug-likeness (QED) is 0.866. The fraction of sp³-hybridized carbons (Fsp3) is 0.600. The summed E-state index contributed by atoms with van der Waals surface area (Å²) in [5.74, 6) is 1.88. The van der Waals surface area contributed by atoms with Gasteiger partial charge >= 0.3 is 0 Å². The van der Waals surface area contributed by atoms with E-state index in [4.69, 9.17) is 11.6 Å². The van der Waals surface area contributed by atoms with E-state index in [2.05, 4.69) is 33.4 Å². The number of hydrogen-bond acceptors (Lipinski definition) is 1. The van der Waals surface area contributed by atoms with Crippen molar-refractivity contribution in [2.75, 3.05) is 6.54 Å². The van der Waals surface area contributed by atoms with E-state index in [1.165, 1.54) is 37.8 Å². The second kappa shape index (κ2) is 5.52. The van der Waals surface area contributed by atoms with Gasteiger partial charge in [0.05, 0.1) is 0 Å². The molecule has 1 aliphatic heterocycles. The smallest absolute Gasteiger partial charge is 0.0449 e. The summed E-state index contributed by atoms with van der Waals surface area (Å²) in [4.78, 5) is 0. The van der Waals surface area contributed by atoms with Crippen molar-refractivity contribution in [3.63, 3.8) is 0 Å². The molecule has 3 heteroatoms. The average Bonchev–Trinajstić information content (AvgIpc) is 2.91. The summed E-state index contributed by atoms with van der Waals surface area (Å²) in [5, 5.41) is 4.60. The van der Waals surface area contributed by atoms with Gasteiger partial charge in [0.1, 0.15) is 0 Å². The maximum absolute atomic E-state index is 6.28. The molecule has 3 unspecified atom stereocenters. The third kappa shape index (κ3) is 2.61. The van der Waals surface area contributed by atoms with Crippen molar-refractivity contribution >= 4 is 27.5 Å². The Kier molecular flexibility index (Phi) is 3.97. The molecular formula is C15H19BrClN. The van der Waals surface area contributed by atoms with Crippen molar-refractivity contribution < 1.29 is 0 Å². The van der Waals surface area contributed by atoms with E-state index in [0.717, 1.165) is 33.8 Å². The summed E-state index contributed by atoms with van der Waals surface area (Å²) in [5.41, 5.74) is 1.28. The van der Waals surface area contributed by atoms with Crippen molar-refractivity contribution in [2.45, 2.75) is 38.1 Å². The lowest BCUT2D eigenvalue weighted by molar-refractivity contribution is 0.393. The summed E-state index contributed by atoms with van der Waals surface area (Å²) in [6.45, 7) is 1.24. The Balaban J connectivity index is 1.61. The lowest BCUT2D eigenvalue weighted by atomic mass is 9.90. The van der Waals surface area contributed by atoms with Crippen LogP contribution in [-0.2, 0) is 6.42 Å². The van der Waals surface area contributed by atoms with Gasteiger partial charge in [0.25, 0.3) is 0 Å². The molecule has 0 aromatic heterocycles. The van der Waals surface area contributed by atoms with Crippen molar-refractivity contribution in [3.8, 4) is 0 Å². The summed E-state index contributed by atoms with van der Waals surface area (Å²) in [7, 11) is 0. The van der Waals surface area contributed by atoms with Crippen molar-refractivity contribution in [1.82, 2.24) is 5.32 Å². The molecule has 2 fully saturated rings. The number of aryl methyl sites for hydroxylation is 1. The number of nitrogens with one attached hydrogen (secondary N) is 1. The molecule has 0 spiro atoms. The highest BCUT2D eigenvalue weighted by atomic mass is 79.9. The minimum atomic E-state index is 0.720. The van der Waals surface area contributed by atoms with Crippen LogP contribution in [0.5, 0.6) is 0 Å². The SMILES string of the molecule is Clc1cc(Br)ccc1CCC1NCC2CCCC21. The molecule has 1 saturated carbocycles.